The highest BCUT2D eigenvalue weighted by Crippen LogP contribution is 2.43. The highest BCUT2D eigenvalue weighted by molar-refractivity contribution is 7.47. The van der Waals surface area contributed by atoms with Gasteiger partial charge in [-0.05, 0) is 51.4 Å². The van der Waals surface area contributed by atoms with Gasteiger partial charge in [-0.15, -0.1) is 0 Å². The van der Waals surface area contributed by atoms with Crippen molar-refractivity contribution in [1.29, 1.82) is 0 Å². The van der Waals surface area contributed by atoms with E-state index in [1.807, 2.05) is 0 Å². The van der Waals surface area contributed by atoms with E-state index in [0.29, 0.717) is 6.61 Å². The molecule has 0 aliphatic rings. The first-order valence-corrected chi connectivity index (χ1v) is 22.1. The molecule has 10 heteroatoms. The van der Waals surface area contributed by atoms with Crippen LogP contribution in [0.5, 0.6) is 0 Å². The molecule has 0 aromatic heterocycles. The number of ether oxygens (including phenoxy) is 2. The predicted molar refractivity (Wildman–Crippen MR) is 214 cm³/mol. The van der Waals surface area contributed by atoms with Gasteiger partial charge in [0.05, 0.1) is 26.4 Å². The summed E-state index contributed by atoms with van der Waals surface area (Å²) in [6.45, 7) is 3.36. The molecule has 0 rings (SSSR count). The van der Waals surface area contributed by atoms with Gasteiger partial charge in [0.25, 0.3) is 0 Å². The molecule has 0 bridgehead atoms. The third kappa shape index (κ3) is 38.2. The van der Waals surface area contributed by atoms with Crippen LogP contribution in [-0.4, -0.2) is 66.3 Å². The lowest BCUT2D eigenvalue weighted by molar-refractivity contribution is -0.154. The molecular formula is C42H77O9P. The maximum absolute atomic E-state index is 12.6. The van der Waals surface area contributed by atoms with Gasteiger partial charge in [-0.2, -0.15) is 0 Å². The first kappa shape index (κ1) is 50.4. The monoisotopic (exact) mass is 757 g/mol. The smallest absolute Gasteiger partial charge is 0.457 e. The minimum Gasteiger partial charge on any atom is -0.457 e. The number of carbonyl (C=O) groups is 1. The topological polar surface area (TPSA) is 132 Å². The molecule has 52 heavy (non-hydrogen) atoms. The molecular weight excluding hydrogens is 679 g/mol. The van der Waals surface area contributed by atoms with Gasteiger partial charge in [-0.25, -0.2) is 4.57 Å². The number of unbranched alkanes of at least 4 members (excludes halogenated alkanes) is 17. The Morgan fingerprint density at radius 3 is 1.65 bits per heavy atom. The van der Waals surface area contributed by atoms with Crippen LogP contribution >= 0.6 is 7.82 Å². The number of aliphatic hydroxyl groups is 2. The average Bonchev–Trinajstić information content (AvgIpc) is 3.13. The van der Waals surface area contributed by atoms with Crippen molar-refractivity contribution in [1.82, 2.24) is 0 Å². The van der Waals surface area contributed by atoms with Crippen LogP contribution in [0.15, 0.2) is 48.6 Å². The maximum Gasteiger partial charge on any atom is 0.472 e. The second-order valence-electron chi connectivity index (χ2n) is 13.6. The number of esters is 1. The van der Waals surface area contributed by atoms with Crippen LogP contribution < -0.4 is 0 Å². The summed E-state index contributed by atoms with van der Waals surface area (Å²) in [5.74, 6) is -0.391. The van der Waals surface area contributed by atoms with Crippen LogP contribution in [-0.2, 0) is 27.9 Å². The highest BCUT2D eigenvalue weighted by Gasteiger charge is 2.26. The van der Waals surface area contributed by atoms with Crippen molar-refractivity contribution in [2.45, 2.75) is 180 Å². The lowest BCUT2D eigenvalue weighted by Gasteiger charge is -2.20. The van der Waals surface area contributed by atoms with Gasteiger partial charge < -0.3 is 24.6 Å². The number of aliphatic hydroxyl groups excluding tert-OH is 2. The summed E-state index contributed by atoms with van der Waals surface area (Å²) in [5, 5.41) is 18.3. The summed E-state index contributed by atoms with van der Waals surface area (Å²) in [4.78, 5) is 22.5. The Morgan fingerprint density at radius 1 is 0.615 bits per heavy atom. The molecule has 0 amide bonds. The number of hydrogen-bond acceptors (Lipinski definition) is 8. The Labute approximate surface area is 317 Å². The fraction of sp³-hybridized carbons (Fsp3) is 0.786. The quantitative estimate of drug-likeness (QED) is 0.0243. The molecule has 0 fully saturated rings. The van der Waals surface area contributed by atoms with Crippen LogP contribution in [0.3, 0.4) is 0 Å². The Hall–Kier alpha value is -1.58. The zero-order valence-electron chi connectivity index (χ0n) is 33.0. The summed E-state index contributed by atoms with van der Waals surface area (Å²) in [6.07, 6.45) is 42.1. The van der Waals surface area contributed by atoms with Gasteiger partial charge in [0.15, 0.2) is 0 Å². The van der Waals surface area contributed by atoms with E-state index in [1.165, 1.54) is 64.2 Å². The third-order valence-electron chi connectivity index (χ3n) is 8.53. The van der Waals surface area contributed by atoms with E-state index in [1.54, 1.807) is 0 Å². The lowest BCUT2D eigenvalue weighted by Crippen LogP contribution is -2.29. The predicted octanol–water partition coefficient (Wildman–Crippen LogP) is 11.0. The van der Waals surface area contributed by atoms with Crippen molar-refractivity contribution in [2.24, 2.45) is 0 Å². The average molecular weight is 757 g/mol. The highest BCUT2D eigenvalue weighted by atomic mass is 31.2. The van der Waals surface area contributed by atoms with E-state index in [0.717, 1.165) is 83.5 Å². The van der Waals surface area contributed by atoms with Gasteiger partial charge >= 0.3 is 13.8 Å². The van der Waals surface area contributed by atoms with Gasteiger partial charge in [-0.3, -0.25) is 13.8 Å². The number of rotatable bonds is 39. The van der Waals surface area contributed by atoms with Gasteiger partial charge in [0, 0.05) is 13.0 Å². The van der Waals surface area contributed by atoms with Crippen LogP contribution in [0.25, 0.3) is 0 Å². The number of carbonyl (C=O) groups excluding carboxylic acids is 1. The molecule has 3 N–H and O–H groups in total. The van der Waals surface area contributed by atoms with E-state index in [-0.39, 0.29) is 19.6 Å². The van der Waals surface area contributed by atoms with Gasteiger partial charge in [-0.1, -0.05) is 159 Å². The summed E-state index contributed by atoms with van der Waals surface area (Å²) >= 11 is 0. The Kier molecular flexibility index (Phi) is 37.9. The zero-order chi connectivity index (χ0) is 38.2. The second kappa shape index (κ2) is 39.1. The lowest BCUT2D eigenvalue weighted by atomic mass is 10.0. The third-order valence-corrected chi connectivity index (χ3v) is 9.48. The zero-order valence-corrected chi connectivity index (χ0v) is 33.9. The maximum atomic E-state index is 12.6. The minimum atomic E-state index is -4.52. The summed E-state index contributed by atoms with van der Waals surface area (Å²) in [6, 6.07) is 0. The van der Waals surface area contributed by atoms with Crippen LogP contribution in [0, 0.1) is 0 Å². The molecule has 0 aromatic carbocycles. The molecule has 3 unspecified atom stereocenters. The van der Waals surface area contributed by atoms with Crippen molar-refractivity contribution >= 4 is 13.8 Å². The Morgan fingerprint density at radius 2 is 1.10 bits per heavy atom. The summed E-state index contributed by atoms with van der Waals surface area (Å²) in [5.41, 5.74) is 0. The molecule has 0 saturated heterocycles. The molecule has 0 saturated carbocycles. The largest absolute Gasteiger partial charge is 0.472 e. The van der Waals surface area contributed by atoms with Crippen molar-refractivity contribution in [3.63, 3.8) is 0 Å². The van der Waals surface area contributed by atoms with E-state index in [2.05, 4.69) is 62.5 Å². The molecule has 304 valence electrons. The van der Waals surface area contributed by atoms with E-state index in [4.69, 9.17) is 23.6 Å². The normalized spacial score (nSPS) is 14.6. The molecule has 0 aliphatic heterocycles. The van der Waals surface area contributed by atoms with Crippen LogP contribution in [0.2, 0.25) is 0 Å². The fourth-order valence-electron chi connectivity index (χ4n) is 5.40. The first-order chi connectivity index (χ1) is 25.3. The number of allylic oxidation sites excluding steroid dienone is 8. The first-order valence-electron chi connectivity index (χ1n) is 20.6. The minimum absolute atomic E-state index is 0.0371. The van der Waals surface area contributed by atoms with Gasteiger partial charge in [0.2, 0.25) is 0 Å². The van der Waals surface area contributed by atoms with E-state index < -0.39 is 39.2 Å². The van der Waals surface area contributed by atoms with E-state index in [9.17, 15) is 19.4 Å². The van der Waals surface area contributed by atoms with Crippen molar-refractivity contribution in [3.8, 4) is 0 Å². The van der Waals surface area contributed by atoms with Crippen molar-refractivity contribution in [3.05, 3.63) is 48.6 Å². The standard InChI is InChI=1S/C42H77O9P/c1-3-5-7-9-11-13-15-17-18-19-20-21-23-25-27-29-31-33-35-48-38-41(39-50-52(46,47)49-37-40(44)36-43)51-42(45)34-32-30-28-26-24-22-16-14-12-10-8-6-4-2/h5,7,11,13,17-18,20-21,40-41,43-44H,3-4,6,8-10,12,14-16,19,22-39H2,1-2H3,(H,46,47)/b7-5-,13-11-,18-17-,21-20-. The molecule has 0 aliphatic carbocycles. The number of phosphoric ester groups is 1. The molecule has 9 nitrogen and oxygen atoms in total. The van der Waals surface area contributed by atoms with E-state index >= 15 is 0 Å². The van der Waals surface area contributed by atoms with Crippen molar-refractivity contribution in [2.75, 3.05) is 33.0 Å². The Balaban J connectivity index is 4.22. The molecule has 0 heterocycles. The molecule has 0 radical (unpaired) electrons. The number of hydrogen-bond donors (Lipinski definition) is 3. The number of phosphoric acid groups is 1. The van der Waals surface area contributed by atoms with Crippen molar-refractivity contribution < 1.29 is 43.0 Å². The summed E-state index contributed by atoms with van der Waals surface area (Å²) < 4.78 is 33.3. The Bertz CT molecular complexity index is 950. The van der Waals surface area contributed by atoms with Crippen LogP contribution in [0.1, 0.15) is 168 Å². The summed E-state index contributed by atoms with van der Waals surface area (Å²) in [7, 11) is -4.52. The molecule has 3 atom stereocenters. The molecule has 0 spiro atoms. The SMILES string of the molecule is CC/C=C\C/C=C\C/C=C\C/C=C\CCCCCCCOCC(COP(=O)(O)OCC(O)CO)OC(=O)CCCCCCCCCCCCCCC. The van der Waals surface area contributed by atoms with Gasteiger partial charge in [0.1, 0.15) is 12.2 Å². The molecule has 0 aromatic rings. The van der Waals surface area contributed by atoms with Crippen LogP contribution in [0.4, 0.5) is 0 Å². The second-order valence-corrected chi connectivity index (χ2v) is 15.1. The fourth-order valence-corrected chi connectivity index (χ4v) is 6.19.